The summed E-state index contributed by atoms with van der Waals surface area (Å²) in [6.07, 6.45) is 3.08. The molecule has 0 aliphatic heterocycles. The average Bonchev–Trinajstić information content (AvgIpc) is 3.15. The highest BCUT2D eigenvalue weighted by atomic mass is 35.5. The summed E-state index contributed by atoms with van der Waals surface area (Å²) in [4.78, 5) is 14.4. The van der Waals surface area contributed by atoms with Gasteiger partial charge in [-0.25, -0.2) is 0 Å². The highest BCUT2D eigenvalue weighted by molar-refractivity contribution is 6.34. The maximum Gasteiger partial charge on any atom is 0.249 e. The molecule has 1 aromatic heterocycles. The maximum atomic E-state index is 12.7. The Morgan fingerprint density at radius 1 is 1.10 bits per heavy atom. The van der Waals surface area contributed by atoms with Crippen LogP contribution in [0.3, 0.4) is 0 Å². The van der Waals surface area contributed by atoms with Gasteiger partial charge < -0.3 is 9.32 Å². The molecule has 0 radical (unpaired) electrons. The van der Waals surface area contributed by atoms with Crippen LogP contribution in [0, 0.1) is 0 Å². The van der Waals surface area contributed by atoms with Crippen molar-refractivity contribution in [1.82, 2.24) is 15.1 Å². The number of carbonyl (C=O) groups is 1. The molecule has 29 heavy (non-hydrogen) atoms. The van der Waals surface area contributed by atoms with Crippen molar-refractivity contribution < 1.29 is 9.21 Å². The van der Waals surface area contributed by atoms with E-state index < -0.39 is 0 Å². The van der Waals surface area contributed by atoms with Crippen LogP contribution in [0.5, 0.6) is 0 Å². The predicted octanol–water partition coefficient (Wildman–Crippen LogP) is 6.15. The second kappa shape index (κ2) is 9.44. The van der Waals surface area contributed by atoms with E-state index in [2.05, 4.69) is 10.2 Å². The van der Waals surface area contributed by atoms with Crippen LogP contribution in [0.15, 0.2) is 53.0 Å². The maximum absolute atomic E-state index is 12.7. The van der Waals surface area contributed by atoms with E-state index in [4.69, 9.17) is 39.2 Å². The normalized spacial score (nSPS) is 11.4. The number of hydrogen-bond acceptors (Lipinski definition) is 4. The minimum absolute atomic E-state index is 0.0855. The van der Waals surface area contributed by atoms with Gasteiger partial charge in [-0.2, -0.15) is 0 Å². The Labute approximate surface area is 183 Å². The summed E-state index contributed by atoms with van der Waals surface area (Å²) in [7, 11) is 0. The number of benzene rings is 2. The molecule has 0 aliphatic rings. The van der Waals surface area contributed by atoms with Crippen molar-refractivity contribution in [3.63, 3.8) is 0 Å². The number of halogens is 3. The minimum atomic E-state index is -0.214. The van der Waals surface area contributed by atoms with Crippen LogP contribution in [0.25, 0.3) is 17.5 Å². The molecule has 0 atom stereocenters. The molecule has 8 heteroatoms. The molecule has 2 aromatic carbocycles. The lowest BCUT2D eigenvalue weighted by Crippen LogP contribution is -2.35. The van der Waals surface area contributed by atoms with Crippen LogP contribution in [0.2, 0.25) is 15.1 Å². The average molecular weight is 451 g/mol. The number of hydrogen-bond donors (Lipinski definition) is 0. The smallest absolute Gasteiger partial charge is 0.249 e. The Kier molecular flexibility index (Phi) is 6.96. The molecular weight excluding hydrogens is 433 g/mol. The van der Waals surface area contributed by atoms with Gasteiger partial charge in [0.1, 0.15) is 0 Å². The van der Waals surface area contributed by atoms with Gasteiger partial charge in [-0.05, 0) is 55.8 Å². The Bertz CT molecular complexity index is 1050. The first-order valence-corrected chi connectivity index (χ1v) is 9.99. The lowest BCUT2D eigenvalue weighted by molar-refractivity contribution is -0.128. The minimum Gasteiger partial charge on any atom is -0.419 e. The molecule has 0 fully saturated rings. The van der Waals surface area contributed by atoms with E-state index in [1.54, 1.807) is 41.3 Å². The monoisotopic (exact) mass is 449 g/mol. The number of amides is 1. The third kappa shape index (κ3) is 5.38. The summed E-state index contributed by atoms with van der Waals surface area (Å²) in [5, 5.41) is 9.66. The lowest BCUT2D eigenvalue weighted by Gasteiger charge is -2.23. The zero-order chi connectivity index (χ0) is 21.0. The molecular formula is C21H18Cl3N3O2. The second-order valence-corrected chi connectivity index (χ2v) is 7.79. The van der Waals surface area contributed by atoms with E-state index in [9.17, 15) is 4.79 Å². The summed E-state index contributed by atoms with van der Waals surface area (Å²) in [5.41, 5.74) is 1.31. The molecule has 0 saturated heterocycles. The van der Waals surface area contributed by atoms with Gasteiger partial charge in [-0.1, -0.05) is 46.9 Å². The standard InChI is InChI=1S/C21H18Cl3N3O2/c1-13(2)27(20(28)10-7-14-11-15(22)8-9-17(14)23)12-19-25-26-21(29-19)16-5-3-4-6-18(16)24/h3-11,13H,12H2,1-2H3/b10-7+. The van der Waals surface area contributed by atoms with Crippen LogP contribution in [0.1, 0.15) is 25.3 Å². The lowest BCUT2D eigenvalue weighted by atomic mass is 10.2. The molecule has 0 N–H and O–H groups in total. The first-order valence-electron chi connectivity index (χ1n) is 8.86. The SMILES string of the molecule is CC(C)N(Cc1nnc(-c2ccccc2Cl)o1)C(=O)/C=C/c1cc(Cl)ccc1Cl. The molecule has 1 amide bonds. The number of rotatable bonds is 6. The summed E-state index contributed by atoms with van der Waals surface area (Å²) >= 11 is 18.3. The van der Waals surface area contributed by atoms with E-state index in [0.717, 1.165) is 0 Å². The van der Waals surface area contributed by atoms with Crippen molar-refractivity contribution in [1.29, 1.82) is 0 Å². The first kappa shape index (κ1) is 21.4. The fraction of sp³-hybridized carbons (Fsp3) is 0.190. The van der Waals surface area contributed by atoms with Gasteiger partial charge in [0.05, 0.1) is 17.1 Å². The molecule has 150 valence electrons. The van der Waals surface area contributed by atoms with Gasteiger partial charge in [0.15, 0.2) is 0 Å². The van der Waals surface area contributed by atoms with E-state index >= 15 is 0 Å². The van der Waals surface area contributed by atoms with Crippen LogP contribution >= 0.6 is 34.8 Å². The van der Waals surface area contributed by atoms with Gasteiger partial charge in [0.2, 0.25) is 17.7 Å². The Morgan fingerprint density at radius 2 is 1.86 bits per heavy atom. The summed E-state index contributed by atoms with van der Waals surface area (Å²) in [5.74, 6) is 0.410. The van der Waals surface area contributed by atoms with Crippen LogP contribution in [0.4, 0.5) is 0 Å². The van der Waals surface area contributed by atoms with Crippen molar-refractivity contribution in [2.24, 2.45) is 0 Å². The topological polar surface area (TPSA) is 59.2 Å². The van der Waals surface area contributed by atoms with E-state index in [0.29, 0.717) is 38.0 Å². The van der Waals surface area contributed by atoms with Crippen molar-refractivity contribution in [3.05, 3.63) is 75.1 Å². The number of aromatic nitrogens is 2. The molecule has 0 bridgehead atoms. The quantitative estimate of drug-likeness (QED) is 0.423. The van der Waals surface area contributed by atoms with Gasteiger partial charge in [-0.3, -0.25) is 4.79 Å². The fourth-order valence-electron chi connectivity index (χ4n) is 2.62. The van der Waals surface area contributed by atoms with Crippen molar-refractivity contribution in [2.45, 2.75) is 26.4 Å². The van der Waals surface area contributed by atoms with Crippen molar-refractivity contribution in [3.8, 4) is 11.5 Å². The van der Waals surface area contributed by atoms with Crippen LogP contribution in [-0.2, 0) is 11.3 Å². The highest BCUT2D eigenvalue weighted by Gasteiger charge is 2.19. The van der Waals surface area contributed by atoms with Gasteiger partial charge in [0, 0.05) is 22.2 Å². The summed E-state index contributed by atoms with van der Waals surface area (Å²) in [6.45, 7) is 3.98. The molecule has 3 aromatic rings. The molecule has 0 aliphatic carbocycles. The molecule has 1 heterocycles. The van der Waals surface area contributed by atoms with Crippen molar-refractivity contribution >= 4 is 46.8 Å². The first-order chi connectivity index (χ1) is 13.8. The Hall–Kier alpha value is -2.34. The van der Waals surface area contributed by atoms with Crippen LogP contribution in [-0.4, -0.2) is 27.0 Å². The highest BCUT2D eigenvalue weighted by Crippen LogP contribution is 2.27. The molecule has 0 spiro atoms. The fourth-order valence-corrected chi connectivity index (χ4v) is 3.20. The second-order valence-electron chi connectivity index (χ2n) is 6.54. The molecule has 0 saturated carbocycles. The zero-order valence-corrected chi connectivity index (χ0v) is 18.0. The predicted molar refractivity (Wildman–Crippen MR) is 116 cm³/mol. The Balaban J connectivity index is 1.77. The zero-order valence-electron chi connectivity index (χ0n) is 15.8. The molecule has 3 rings (SSSR count). The summed E-state index contributed by atoms with van der Waals surface area (Å²) < 4.78 is 5.72. The Morgan fingerprint density at radius 3 is 2.59 bits per heavy atom. The van der Waals surface area contributed by atoms with Gasteiger partial charge in [-0.15, -0.1) is 10.2 Å². The number of carbonyl (C=O) groups excluding carboxylic acids is 1. The number of nitrogens with zero attached hydrogens (tertiary/aromatic N) is 3. The van der Waals surface area contributed by atoms with Gasteiger partial charge >= 0.3 is 0 Å². The molecule has 5 nitrogen and oxygen atoms in total. The third-order valence-electron chi connectivity index (χ3n) is 4.15. The van der Waals surface area contributed by atoms with Crippen LogP contribution < -0.4 is 0 Å². The van der Waals surface area contributed by atoms with E-state index in [1.807, 2.05) is 26.0 Å². The third-order valence-corrected chi connectivity index (χ3v) is 5.06. The largest absolute Gasteiger partial charge is 0.419 e. The van der Waals surface area contributed by atoms with Crippen molar-refractivity contribution in [2.75, 3.05) is 0 Å². The molecule has 0 unspecified atom stereocenters. The van der Waals surface area contributed by atoms with E-state index in [-0.39, 0.29) is 18.5 Å². The summed E-state index contributed by atoms with van der Waals surface area (Å²) in [6, 6.07) is 12.2. The van der Waals surface area contributed by atoms with E-state index in [1.165, 1.54) is 6.08 Å². The van der Waals surface area contributed by atoms with Gasteiger partial charge in [0.25, 0.3) is 0 Å².